The van der Waals surface area contributed by atoms with Crippen LogP contribution in [0.1, 0.15) is 18.9 Å². The van der Waals surface area contributed by atoms with E-state index in [0.717, 1.165) is 0 Å². The zero-order valence-electron chi connectivity index (χ0n) is 11.7. The van der Waals surface area contributed by atoms with Gasteiger partial charge in [-0.2, -0.15) is 0 Å². The van der Waals surface area contributed by atoms with Crippen molar-refractivity contribution >= 4 is 15.7 Å². The van der Waals surface area contributed by atoms with Gasteiger partial charge in [-0.25, -0.2) is 8.42 Å². The van der Waals surface area contributed by atoms with E-state index < -0.39 is 9.84 Å². The Hall–Kier alpha value is -1.76. The third-order valence-electron chi connectivity index (χ3n) is 2.60. The first kappa shape index (κ1) is 16.3. The molecule has 0 aliphatic heterocycles. The van der Waals surface area contributed by atoms with Crippen molar-refractivity contribution in [2.75, 3.05) is 25.2 Å². The average molecular weight is 300 g/mol. The van der Waals surface area contributed by atoms with E-state index in [4.69, 9.17) is 20.6 Å². The predicted octanol–water partition coefficient (Wildman–Crippen LogP) is 1.18. The summed E-state index contributed by atoms with van der Waals surface area (Å²) in [5.41, 5.74) is 5.89. The van der Waals surface area contributed by atoms with Crippen LogP contribution in [0.15, 0.2) is 18.2 Å². The van der Waals surface area contributed by atoms with Gasteiger partial charge in [0.2, 0.25) is 0 Å². The molecule has 0 saturated carbocycles. The molecule has 1 aromatic rings. The first-order valence-corrected chi connectivity index (χ1v) is 8.07. The maximum Gasteiger partial charge on any atom is 0.153 e. The van der Waals surface area contributed by atoms with Gasteiger partial charge in [-0.3, -0.25) is 5.41 Å². The Kier molecular flexibility index (Phi) is 5.82. The van der Waals surface area contributed by atoms with E-state index in [9.17, 15) is 8.42 Å². The predicted molar refractivity (Wildman–Crippen MR) is 78.4 cm³/mol. The molecule has 112 valence electrons. The molecule has 1 aromatic carbocycles. The van der Waals surface area contributed by atoms with Crippen LogP contribution in [0.4, 0.5) is 0 Å². The zero-order chi connectivity index (χ0) is 15.2. The molecule has 6 nitrogen and oxygen atoms in total. The molecule has 3 N–H and O–H groups in total. The minimum Gasteiger partial charge on any atom is -0.497 e. The van der Waals surface area contributed by atoms with Crippen molar-refractivity contribution in [3.8, 4) is 11.5 Å². The van der Waals surface area contributed by atoms with E-state index in [-0.39, 0.29) is 23.9 Å². The van der Waals surface area contributed by atoms with Crippen molar-refractivity contribution in [1.29, 1.82) is 5.41 Å². The Labute approximate surface area is 119 Å². The number of nitrogens with one attached hydrogen (secondary N) is 1. The summed E-state index contributed by atoms with van der Waals surface area (Å²) in [6.45, 7) is 1.88. The molecule has 0 amide bonds. The molecule has 20 heavy (non-hydrogen) atoms. The third kappa shape index (κ3) is 5.08. The van der Waals surface area contributed by atoms with E-state index in [1.165, 1.54) is 7.11 Å². The zero-order valence-corrected chi connectivity index (χ0v) is 12.5. The topological polar surface area (TPSA) is 102 Å². The Morgan fingerprint density at radius 2 is 1.90 bits per heavy atom. The van der Waals surface area contributed by atoms with Crippen LogP contribution in [0.2, 0.25) is 0 Å². The van der Waals surface area contributed by atoms with E-state index in [1.807, 2.05) is 6.92 Å². The van der Waals surface area contributed by atoms with E-state index in [1.54, 1.807) is 18.2 Å². The monoisotopic (exact) mass is 300 g/mol. The van der Waals surface area contributed by atoms with Crippen molar-refractivity contribution < 1.29 is 17.9 Å². The van der Waals surface area contributed by atoms with Crippen LogP contribution in [0.25, 0.3) is 0 Å². The lowest BCUT2D eigenvalue weighted by Gasteiger charge is -2.10. The van der Waals surface area contributed by atoms with Crippen LogP contribution in [-0.2, 0) is 9.84 Å². The van der Waals surface area contributed by atoms with Gasteiger partial charge in [0.05, 0.1) is 18.6 Å². The smallest absolute Gasteiger partial charge is 0.153 e. The van der Waals surface area contributed by atoms with E-state index in [0.29, 0.717) is 23.5 Å². The van der Waals surface area contributed by atoms with Gasteiger partial charge in [0.15, 0.2) is 9.84 Å². The normalized spacial score (nSPS) is 11.1. The average Bonchev–Trinajstić information content (AvgIpc) is 2.37. The largest absolute Gasteiger partial charge is 0.497 e. The first-order chi connectivity index (χ1) is 9.38. The number of methoxy groups -OCH3 is 1. The Morgan fingerprint density at radius 1 is 1.25 bits per heavy atom. The standard InChI is InChI=1S/C13H20N2O4S/c1-3-5-20(16,17)6-4-19-12-8-10(13(14)15)7-11(9-12)18-2/h7-9H,3-6H2,1-2H3,(H3,14,15). The first-order valence-electron chi connectivity index (χ1n) is 6.24. The van der Waals surface area contributed by atoms with E-state index in [2.05, 4.69) is 0 Å². The highest BCUT2D eigenvalue weighted by molar-refractivity contribution is 7.91. The summed E-state index contributed by atoms with van der Waals surface area (Å²) in [4.78, 5) is 0. The Morgan fingerprint density at radius 3 is 2.45 bits per heavy atom. The number of nitrogens with two attached hydrogens (primary N) is 1. The summed E-state index contributed by atoms with van der Waals surface area (Å²) in [5, 5.41) is 7.41. The molecule has 0 aliphatic carbocycles. The second kappa shape index (κ2) is 7.14. The fraction of sp³-hybridized carbons (Fsp3) is 0.462. The molecular weight excluding hydrogens is 280 g/mol. The van der Waals surface area contributed by atoms with Crippen LogP contribution < -0.4 is 15.2 Å². The van der Waals surface area contributed by atoms with Crippen molar-refractivity contribution in [3.63, 3.8) is 0 Å². The SMILES string of the molecule is CCCS(=O)(=O)CCOc1cc(OC)cc(C(=N)N)c1. The molecule has 0 spiro atoms. The van der Waals surface area contributed by atoms with Gasteiger partial charge in [0.25, 0.3) is 0 Å². The van der Waals surface area contributed by atoms with Gasteiger partial charge in [0.1, 0.15) is 23.9 Å². The van der Waals surface area contributed by atoms with Crippen molar-refractivity contribution in [1.82, 2.24) is 0 Å². The summed E-state index contributed by atoms with van der Waals surface area (Å²) in [7, 11) is -1.57. The summed E-state index contributed by atoms with van der Waals surface area (Å²) in [5.74, 6) is 0.957. The van der Waals surface area contributed by atoms with Crippen molar-refractivity contribution in [3.05, 3.63) is 23.8 Å². The summed E-state index contributed by atoms with van der Waals surface area (Å²) < 4.78 is 33.6. The van der Waals surface area contributed by atoms with Crippen LogP contribution in [0.3, 0.4) is 0 Å². The lowest BCUT2D eigenvalue weighted by molar-refractivity contribution is 0.336. The summed E-state index contributed by atoms with van der Waals surface area (Å²) in [6.07, 6.45) is 0.593. The lowest BCUT2D eigenvalue weighted by Crippen LogP contribution is -2.17. The molecule has 7 heteroatoms. The highest BCUT2D eigenvalue weighted by atomic mass is 32.2. The van der Waals surface area contributed by atoms with Gasteiger partial charge >= 0.3 is 0 Å². The molecule has 0 bridgehead atoms. The second-order valence-electron chi connectivity index (χ2n) is 4.31. The van der Waals surface area contributed by atoms with Gasteiger partial charge in [-0.15, -0.1) is 0 Å². The molecular formula is C13H20N2O4S. The maximum absolute atomic E-state index is 11.6. The van der Waals surface area contributed by atoms with Crippen LogP contribution >= 0.6 is 0 Å². The number of hydrogen-bond donors (Lipinski definition) is 2. The number of sulfone groups is 1. The Bertz CT molecular complexity index is 570. The summed E-state index contributed by atoms with van der Waals surface area (Å²) in [6, 6.07) is 4.82. The number of rotatable bonds is 8. The number of amidine groups is 1. The third-order valence-corrected chi connectivity index (χ3v) is 4.42. The molecule has 0 aliphatic rings. The fourth-order valence-electron chi connectivity index (χ4n) is 1.63. The highest BCUT2D eigenvalue weighted by Crippen LogP contribution is 2.22. The van der Waals surface area contributed by atoms with Gasteiger partial charge in [-0.05, 0) is 18.6 Å². The number of benzene rings is 1. The molecule has 0 unspecified atom stereocenters. The van der Waals surface area contributed by atoms with Gasteiger partial charge in [-0.1, -0.05) is 6.92 Å². The Balaban J connectivity index is 2.73. The van der Waals surface area contributed by atoms with E-state index >= 15 is 0 Å². The van der Waals surface area contributed by atoms with Crippen LogP contribution in [0.5, 0.6) is 11.5 Å². The maximum atomic E-state index is 11.6. The molecule has 0 atom stereocenters. The minimum atomic E-state index is -3.07. The van der Waals surface area contributed by atoms with Crippen molar-refractivity contribution in [2.24, 2.45) is 5.73 Å². The molecule has 0 aromatic heterocycles. The number of ether oxygens (including phenoxy) is 2. The van der Waals surface area contributed by atoms with Crippen LogP contribution in [0, 0.1) is 5.41 Å². The molecule has 0 radical (unpaired) electrons. The molecule has 0 saturated heterocycles. The lowest BCUT2D eigenvalue weighted by atomic mass is 10.2. The quantitative estimate of drug-likeness (QED) is 0.554. The highest BCUT2D eigenvalue weighted by Gasteiger charge is 2.10. The molecule has 0 fully saturated rings. The molecule has 1 rings (SSSR count). The molecule has 0 heterocycles. The fourth-order valence-corrected chi connectivity index (χ4v) is 2.79. The minimum absolute atomic E-state index is 0.0343. The van der Waals surface area contributed by atoms with Gasteiger partial charge < -0.3 is 15.2 Å². The van der Waals surface area contributed by atoms with Crippen LogP contribution in [-0.4, -0.2) is 39.5 Å². The second-order valence-corrected chi connectivity index (χ2v) is 6.61. The van der Waals surface area contributed by atoms with Gasteiger partial charge in [0, 0.05) is 11.6 Å². The number of nitrogen functional groups attached to an aromatic ring is 1. The van der Waals surface area contributed by atoms with Crippen molar-refractivity contribution in [2.45, 2.75) is 13.3 Å². The number of hydrogen-bond acceptors (Lipinski definition) is 5. The summed E-state index contributed by atoms with van der Waals surface area (Å²) >= 11 is 0.